The van der Waals surface area contributed by atoms with E-state index in [4.69, 9.17) is 0 Å². The molecule has 1 aliphatic rings. The van der Waals surface area contributed by atoms with Gasteiger partial charge < -0.3 is 15.3 Å². The van der Waals surface area contributed by atoms with E-state index in [2.05, 4.69) is 11.4 Å². The van der Waals surface area contributed by atoms with E-state index < -0.39 is 6.10 Å². The molecule has 1 atom stereocenters. The number of thiophene rings is 1. The van der Waals surface area contributed by atoms with Crippen LogP contribution in [0.1, 0.15) is 55.0 Å². The third-order valence-electron chi connectivity index (χ3n) is 5.42. The molecule has 0 fully saturated rings. The number of aliphatic hydroxyl groups is 1. The normalized spacial score (nSPS) is 14.4. The Kier molecular flexibility index (Phi) is 7.68. The molecule has 0 radical (unpaired) electrons. The predicted molar refractivity (Wildman–Crippen MR) is 118 cm³/mol. The molecule has 3 rings (SSSR count). The van der Waals surface area contributed by atoms with E-state index in [0.717, 1.165) is 36.9 Å². The number of nitrogens with one attached hydrogen (secondary N) is 1. The number of fused-ring (bicyclic) bond motifs is 1. The zero-order valence-corrected chi connectivity index (χ0v) is 17.8. The van der Waals surface area contributed by atoms with E-state index in [9.17, 15) is 15.2 Å². The monoisotopic (exact) mass is 411 g/mol. The fourth-order valence-electron chi connectivity index (χ4n) is 3.72. The molecule has 2 aromatic rings. The Morgan fingerprint density at radius 2 is 2.03 bits per heavy atom. The average Bonchev–Trinajstić information content (AvgIpc) is 2.90. The van der Waals surface area contributed by atoms with Crippen LogP contribution >= 0.6 is 11.3 Å². The summed E-state index contributed by atoms with van der Waals surface area (Å²) in [5, 5.41) is 23.4. The van der Waals surface area contributed by atoms with Crippen molar-refractivity contribution >= 4 is 27.9 Å². The number of anilines is 2. The van der Waals surface area contributed by atoms with Crippen LogP contribution in [-0.4, -0.2) is 30.2 Å². The molecule has 0 spiro atoms. The molecule has 0 bridgehead atoms. The highest BCUT2D eigenvalue weighted by atomic mass is 32.1. The summed E-state index contributed by atoms with van der Waals surface area (Å²) in [5.41, 5.74) is 2.79. The van der Waals surface area contributed by atoms with Gasteiger partial charge in [-0.15, -0.1) is 11.3 Å². The van der Waals surface area contributed by atoms with Crippen molar-refractivity contribution in [1.29, 1.82) is 5.26 Å². The van der Waals surface area contributed by atoms with Crippen molar-refractivity contribution in [2.75, 3.05) is 23.3 Å². The van der Waals surface area contributed by atoms with Crippen molar-refractivity contribution in [2.24, 2.45) is 0 Å². The smallest absolute Gasteiger partial charge is 0.226 e. The number of aryl methyl sites for hydroxylation is 1. The summed E-state index contributed by atoms with van der Waals surface area (Å²) < 4.78 is 0. The highest BCUT2D eigenvalue weighted by Crippen LogP contribution is 2.37. The van der Waals surface area contributed by atoms with E-state index in [0.29, 0.717) is 36.5 Å². The van der Waals surface area contributed by atoms with Crippen molar-refractivity contribution in [2.45, 2.75) is 58.0 Å². The van der Waals surface area contributed by atoms with Gasteiger partial charge in [-0.3, -0.25) is 4.79 Å². The summed E-state index contributed by atoms with van der Waals surface area (Å²) in [6.45, 7) is 2.95. The van der Waals surface area contributed by atoms with Gasteiger partial charge in [0, 0.05) is 30.1 Å². The number of nitriles is 1. The number of benzene rings is 1. The van der Waals surface area contributed by atoms with E-state index in [1.165, 1.54) is 11.3 Å². The molecule has 2 N–H and O–H groups in total. The summed E-state index contributed by atoms with van der Waals surface area (Å²) >= 11 is 1.57. The molecule has 1 aromatic heterocycles. The van der Waals surface area contributed by atoms with E-state index >= 15 is 0 Å². The van der Waals surface area contributed by atoms with Gasteiger partial charge in [0.25, 0.3) is 0 Å². The second-order valence-electron chi connectivity index (χ2n) is 7.52. The van der Waals surface area contributed by atoms with Gasteiger partial charge in [0.15, 0.2) is 0 Å². The number of hydrogen-bond donors (Lipinski definition) is 2. The molecule has 0 saturated heterocycles. The highest BCUT2D eigenvalue weighted by Gasteiger charge is 2.21. The van der Waals surface area contributed by atoms with E-state index in [1.807, 2.05) is 42.2 Å². The molecule has 1 heterocycles. The van der Waals surface area contributed by atoms with Gasteiger partial charge in [-0.1, -0.05) is 31.5 Å². The second-order valence-corrected chi connectivity index (χ2v) is 8.63. The lowest BCUT2D eigenvalue weighted by Gasteiger charge is -2.26. The molecule has 1 unspecified atom stereocenters. The molecule has 29 heavy (non-hydrogen) atoms. The first-order chi connectivity index (χ1) is 14.1. The maximum Gasteiger partial charge on any atom is 0.226 e. The van der Waals surface area contributed by atoms with Crippen LogP contribution in [-0.2, 0) is 17.6 Å². The number of carbonyl (C=O) groups is 1. The Labute approximate surface area is 177 Å². The van der Waals surface area contributed by atoms with Crippen LogP contribution in [0.2, 0.25) is 0 Å². The number of carbonyl (C=O) groups excluding carboxylic acids is 1. The zero-order valence-electron chi connectivity index (χ0n) is 17.0. The second kappa shape index (κ2) is 10.4. The Hall–Kier alpha value is -2.36. The maximum absolute atomic E-state index is 12.6. The fourth-order valence-corrected chi connectivity index (χ4v) is 4.98. The lowest BCUT2D eigenvalue weighted by Crippen LogP contribution is -2.34. The van der Waals surface area contributed by atoms with Crippen LogP contribution < -0.4 is 10.2 Å². The molecule has 5 nitrogen and oxygen atoms in total. The molecule has 1 aromatic carbocycles. The lowest BCUT2D eigenvalue weighted by molar-refractivity contribution is -0.116. The van der Waals surface area contributed by atoms with Crippen molar-refractivity contribution in [3.05, 3.63) is 46.3 Å². The highest BCUT2D eigenvalue weighted by molar-refractivity contribution is 7.16. The Morgan fingerprint density at radius 3 is 2.76 bits per heavy atom. The van der Waals surface area contributed by atoms with Gasteiger partial charge in [-0.05, 0) is 49.8 Å². The molecular weight excluding hydrogens is 382 g/mol. The minimum Gasteiger partial charge on any atom is -0.391 e. The van der Waals surface area contributed by atoms with Crippen LogP contribution in [0.5, 0.6) is 0 Å². The topological polar surface area (TPSA) is 76.4 Å². The molecule has 6 heteroatoms. The van der Waals surface area contributed by atoms with Crippen molar-refractivity contribution in [3.8, 4) is 6.07 Å². The Bertz CT molecular complexity index is 857. The SMILES string of the molecule is CCC(O)CN(CCC(=O)Nc1sc2c(c1C#N)CCCCC2)c1ccccc1. The third-order valence-corrected chi connectivity index (χ3v) is 6.63. The minimum atomic E-state index is -0.434. The molecule has 1 amide bonds. The molecule has 0 saturated carbocycles. The van der Waals surface area contributed by atoms with Crippen molar-refractivity contribution in [1.82, 2.24) is 0 Å². The molecular formula is C23H29N3O2S. The van der Waals surface area contributed by atoms with Gasteiger partial charge in [0.1, 0.15) is 11.1 Å². The number of rotatable bonds is 8. The molecule has 0 aliphatic heterocycles. The summed E-state index contributed by atoms with van der Waals surface area (Å²) in [5.74, 6) is -0.0928. The first-order valence-electron chi connectivity index (χ1n) is 10.4. The van der Waals surface area contributed by atoms with Gasteiger partial charge in [-0.2, -0.15) is 5.26 Å². The van der Waals surface area contributed by atoms with Gasteiger partial charge in [0.05, 0.1) is 11.7 Å². The first-order valence-corrected chi connectivity index (χ1v) is 11.3. The van der Waals surface area contributed by atoms with Crippen LogP contribution in [0, 0.1) is 11.3 Å². The summed E-state index contributed by atoms with van der Waals surface area (Å²) in [6, 6.07) is 12.2. The zero-order chi connectivity index (χ0) is 20.6. The number of amides is 1. The molecule has 154 valence electrons. The average molecular weight is 412 g/mol. The van der Waals surface area contributed by atoms with Crippen molar-refractivity contribution in [3.63, 3.8) is 0 Å². The number of aliphatic hydroxyl groups excluding tert-OH is 1. The minimum absolute atomic E-state index is 0.0928. The first kappa shape index (κ1) is 21.4. The third kappa shape index (κ3) is 5.59. The van der Waals surface area contributed by atoms with Crippen molar-refractivity contribution < 1.29 is 9.90 Å². The van der Waals surface area contributed by atoms with Crippen LogP contribution in [0.15, 0.2) is 30.3 Å². The summed E-state index contributed by atoms with van der Waals surface area (Å²) in [6.07, 6.45) is 5.93. The van der Waals surface area contributed by atoms with Gasteiger partial charge in [-0.25, -0.2) is 0 Å². The largest absolute Gasteiger partial charge is 0.391 e. The number of nitrogens with zero attached hydrogens (tertiary/aromatic N) is 2. The number of hydrogen-bond acceptors (Lipinski definition) is 5. The Balaban J connectivity index is 1.66. The van der Waals surface area contributed by atoms with Crippen LogP contribution in [0.25, 0.3) is 0 Å². The summed E-state index contributed by atoms with van der Waals surface area (Å²) in [7, 11) is 0. The lowest BCUT2D eigenvalue weighted by atomic mass is 10.1. The van der Waals surface area contributed by atoms with Gasteiger partial charge >= 0.3 is 0 Å². The number of para-hydroxylation sites is 1. The van der Waals surface area contributed by atoms with Crippen LogP contribution in [0.4, 0.5) is 10.7 Å². The molecule has 1 aliphatic carbocycles. The van der Waals surface area contributed by atoms with Crippen LogP contribution in [0.3, 0.4) is 0 Å². The van der Waals surface area contributed by atoms with E-state index in [1.54, 1.807) is 11.3 Å². The fraction of sp³-hybridized carbons (Fsp3) is 0.478. The quantitative estimate of drug-likeness (QED) is 0.627. The standard InChI is InChI=1S/C23H29N3O2S/c1-2-18(27)16-26(17-9-5-3-6-10-17)14-13-22(28)25-23-20(15-24)19-11-7-4-8-12-21(19)29-23/h3,5-6,9-10,18,27H,2,4,7-8,11-14,16H2,1H3,(H,25,28). The summed E-state index contributed by atoms with van der Waals surface area (Å²) in [4.78, 5) is 15.9. The Morgan fingerprint density at radius 1 is 1.28 bits per heavy atom. The van der Waals surface area contributed by atoms with E-state index in [-0.39, 0.29) is 5.91 Å². The maximum atomic E-state index is 12.6. The van der Waals surface area contributed by atoms with Gasteiger partial charge in [0.2, 0.25) is 5.91 Å². The predicted octanol–water partition coefficient (Wildman–Crippen LogP) is 4.49.